The Kier molecular flexibility index (Phi) is 6.44. The van der Waals surface area contributed by atoms with Gasteiger partial charge in [-0.05, 0) is 37.1 Å². The van der Waals surface area contributed by atoms with E-state index in [0.717, 1.165) is 11.1 Å². The highest BCUT2D eigenvalue weighted by molar-refractivity contribution is 5.94. The summed E-state index contributed by atoms with van der Waals surface area (Å²) in [5.41, 5.74) is 2.11. The number of amides is 1. The van der Waals surface area contributed by atoms with Crippen molar-refractivity contribution < 1.29 is 18.0 Å². The number of rotatable bonds is 2. The monoisotopic (exact) mass is 261 g/mol. The van der Waals surface area contributed by atoms with E-state index in [0.29, 0.717) is 0 Å². The Morgan fingerprint density at radius 1 is 1.17 bits per heavy atom. The molecule has 18 heavy (non-hydrogen) atoms. The molecule has 0 aromatic heterocycles. The van der Waals surface area contributed by atoms with Gasteiger partial charge in [-0.2, -0.15) is 13.2 Å². The minimum Gasteiger partial charge on any atom is -0.343 e. The first-order valence-corrected chi connectivity index (χ1v) is 5.72. The predicted molar refractivity (Wildman–Crippen MR) is 65.7 cm³/mol. The van der Waals surface area contributed by atoms with Gasteiger partial charge in [0, 0.05) is 5.56 Å². The first kappa shape index (κ1) is 16.5. The molecule has 0 saturated carbocycles. The normalized spacial score (nSPS) is 10.4. The van der Waals surface area contributed by atoms with Gasteiger partial charge in [-0.3, -0.25) is 4.79 Å². The van der Waals surface area contributed by atoms with Crippen molar-refractivity contribution in [1.29, 1.82) is 0 Å². The van der Waals surface area contributed by atoms with Gasteiger partial charge in [0.15, 0.2) is 0 Å². The smallest absolute Gasteiger partial charge is 0.343 e. The van der Waals surface area contributed by atoms with Gasteiger partial charge in [0.2, 0.25) is 0 Å². The Hall–Kier alpha value is -1.52. The van der Waals surface area contributed by atoms with Crippen LogP contribution in [0.2, 0.25) is 0 Å². The van der Waals surface area contributed by atoms with E-state index in [1.807, 2.05) is 26.1 Å². The minimum atomic E-state index is -4.38. The number of carbonyl (C=O) groups is 1. The maximum absolute atomic E-state index is 11.9. The first-order chi connectivity index (χ1) is 8.29. The molecule has 0 aliphatic carbocycles. The summed E-state index contributed by atoms with van der Waals surface area (Å²) in [7, 11) is 0. The molecular formula is C13H18F3NO. The van der Waals surface area contributed by atoms with Crippen LogP contribution in [0.25, 0.3) is 0 Å². The van der Waals surface area contributed by atoms with E-state index in [1.165, 1.54) is 6.07 Å². The second kappa shape index (κ2) is 7.03. The second-order valence-electron chi connectivity index (χ2n) is 3.60. The number of hydrogen-bond donors (Lipinski definition) is 1. The number of alkyl halides is 3. The van der Waals surface area contributed by atoms with E-state index < -0.39 is 18.6 Å². The molecular weight excluding hydrogens is 243 g/mol. The summed E-state index contributed by atoms with van der Waals surface area (Å²) in [6, 6.07) is 4.78. The zero-order chi connectivity index (χ0) is 14.3. The highest BCUT2D eigenvalue weighted by Crippen LogP contribution is 2.13. The van der Waals surface area contributed by atoms with Crippen LogP contribution in [-0.2, 0) is 0 Å². The number of hydrogen-bond acceptors (Lipinski definition) is 1. The Labute approximate surface area is 105 Å². The molecule has 0 bridgehead atoms. The summed E-state index contributed by atoms with van der Waals surface area (Å²) in [4.78, 5) is 11.3. The second-order valence-corrected chi connectivity index (χ2v) is 3.60. The topological polar surface area (TPSA) is 29.1 Å². The molecule has 0 aliphatic rings. The Balaban J connectivity index is 0.00000137. The van der Waals surface area contributed by atoms with Crippen LogP contribution < -0.4 is 5.32 Å². The van der Waals surface area contributed by atoms with Crippen LogP contribution in [0.3, 0.4) is 0 Å². The van der Waals surface area contributed by atoms with E-state index in [4.69, 9.17) is 0 Å². The average molecular weight is 261 g/mol. The fourth-order valence-corrected chi connectivity index (χ4v) is 1.17. The number of carbonyl (C=O) groups excluding carboxylic acids is 1. The molecule has 1 rings (SSSR count). The lowest BCUT2D eigenvalue weighted by molar-refractivity contribution is -0.123. The minimum absolute atomic E-state index is 0.243. The lowest BCUT2D eigenvalue weighted by Crippen LogP contribution is -2.33. The molecule has 5 heteroatoms. The van der Waals surface area contributed by atoms with E-state index in [-0.39, 0.29) is 5.56 Å². The van der Waals surface area contributed by atoms with Gasteiger partial charge in [0.05, 0.1) is 0 Å². The summed E-state index contributed by atoms with van der Waals surface area (Å²) in [6.07, 6.45) is -4.38. The molecule has 1 aromatic rings. The van der Waals surface area contributed by atoms with Crippen molar-refractivity contribution in [3.05, 3.63) is 34.9 Å². The third-order valence-electron chi connectivity index (χ3n) is 2.22. The molecule has 1 aromatic carbocycles. The van der Waals surface area contributed by atoms with E-state index in [1.54, 1.807) is 19.1 Å². The average Bonchev–Trinajstić information content (AvgIpc) is 2.31. The molecule has 0 fully saturated rings. The van der Waals surface area contributed by atoms with Gasteiger partial charge in [-0.25, -0.2) is 0 Å². The van der Waals surface area contributed by atoms with Crippen LogP contribution in [0.15, 0.2) is 18.2 Å². The third kappa shape index (κ3) is 5.70. The number of benzene rings is 1. The van der Waals surface area contributed by atoms with Crippen LogP contribution in [-0.4, -0.2) is 18.6 Å². The van der Waals surface area contributed by atoms with Crippen LogP contribution in [0.5, 0.6) is 0 Å². The summed E-state index contributed by atoms with van der Waals surface area (Å²) < 4.78 is 35.6. The molecule has 0 unspecified atom stereocenters. The van der Waals surface area contributed by atoms with Crippen molar-refractivity contribution >= 4 is 5.91 Å². The summed E-state index contributed by atoms with van der Waals surface area (Å²) in [5.74, 6) is -0.708. The van der Waals surface area contributed by atoms with Crippen molar-refractivity contribution in [3.8, 4) is 0 Å². The molecule has 0 atom stereocenters. The van der Waals surface area contributed by atoms with Crippen LogP contribution in [0.4, 0.5) is 13.2 Å². The van der Waals surface area contributed by atoms with Gasteiger partial charge in [0.1, 0.15) is 6.54 Å². The standard InChI is InChI=1S/C11H12F3NO.C2H6/c1-7-3-4-9(5-8(7)2)10(16)15-6-11(12,13)14;1-2/h3-5H,6H2,1-2H3,(H,15,16);1-2H3. The summed E-state index contributed by atoms with van der Waals surface area (Å²) in [6.45, 7) is 6.36. The van der Waals surface area contributed by atoms with Crippen molar-refractivity contribution in [2.75, 3.05) is 6.54 Å². The van der Waals surface area contributed by atoms with Crippen molar-refractivity contribution in [3.63, 3.8) is 0 Å². The maximum atomic E-state index is 11.9. The molecule has 0 spiro atoms. The molecule has 2 nitrogen and oxygen atoms in total. The van der Waals surface area contributed by atoms with Gasteiger partial charge >= 0.3 is 6.18 Å². The number of aryl methyl sites for hydroxylation is 2. The lowest BCUT2D eigenvalue weighted by Gasteiger charge is -2.09. The zero-order valence-electron chi connectivity index (χ0n) is 11.0. The Morgan fingerprint density at radius 3 is 2.17 bits per heavy atom. The third-order valence-corrected chi connectivity index (χ3v) is 2.22. The highest BCUT2D eigenvalue weighted by atomic mass is 19.4. The summed E-state index contributed by atoms with van der Waals surface area (Å²) in [5, 5.41) is 1.82. The van der Waals surface area contributed by atoms with E-state index in [2.05, 4.69) is 0 Å². The fourth-order valence-electron chi connectivity index (χ4n) is 1.17. The van der Waals surface area contributed by atoms with E-state index >= 15 is 0 Å². The highest BCUT2D eigenvalue weighted by Gasteiger charge is 2.27. The largest absolute Gasteiger partial charge is 0.405 e. The summed E-state index contributed by atoms with van der Waals surface area (Å²) >= 11 is 0. The molecule has 0 heterocycles. The SMILES string of the molecule is CC.Cc1ccc(C(=O)NCC(F)(F)F)cc1C. The van der Waals surface area contributed by atoms with Crippen LogP contribution in [0, 0.1) is 13.8 Å². The fraction of sp³-hybridized carbons (Fsp3) is 0.462. The molecule has 0 radical (unpaired) electrons. The van der Waals surface area contributed by atoms with Crippen molar-refractivity contribution in [2.45, 2.75) is 33.9 Å². The van der Waals surface area contributed by atoms with Crippen LogP contribution >= 0.6 is 0 Å². The van der Waals surface area contributed by atoms with Crippen molar-refractivity contribution in [1.82, 2.24) is 5.32 Å². The van der Waals surface area contributed by atoms with Gasteiger partial charge < -0.3 is 5.32 Å². The first-order valence-electron chi connectivity index (χ1n) is 5.72. The maximum Gasteiger partial charge on any atom is 0.405 e. The van der Waals surface area contributed by atoms with Gasteiger partial charge in [-0.15, -0.1) is 0 Å². The van der Waals surface area contributed by atoms with Crippen molar-refractivity contribution in [2.24, 2.45) is 0 Å². The molecule has 1 N–H and O–H groups in total. The van der Waals surface area contributed by atoms with Gasteiger partial charge in [-0.1, -0.05) is 19.9 Å². The number of nitrogens with one attached hydrogen (secondary N) is 1. The Morgan fingerprint density at radius 2 is 1.72 bits per heavy atom. The number of halogens is 3. The molecule has 1 amide bonds. The molecule has 0 aliphatic heterocycles. The van der Waals surface area contributed by atoms with E-state index in [9.17, 15) is 18.0 Å². The zero-order valence-corrected chi connectivity index (χ0v) is 11.0. The predicted octanol–water partition coefficient (Wildman–Crippen LogP) is 3.62. The molecule has 0 saturated heterocycles. The van der Waals surface area contributed by atoms with Gasteiger partial charge in [0.25, 0.3) is 5.91 Å². The Bertz CT molecular complexity index is 400. The molecule has 102 valence electrons. The van der Waals surface area contributed by atoms with Crippen LogP contribution in [0.1, 0.15) is 35.3 Å². The quantitative estimate of drug-likeness (QED) is 0.865. The lowest BCUT2D eigenvalue weighted by atomic mass is 10.1.